The van der Waals surface area contributed by atoms with Gasteiger partial charge in [0.05, 0.1) is 17.5 Å². The van der Waals surface area contributed by atoms with Crippen LogP contribution in [0.25, 0.3) is 0 Å². The van der Waals surface area contributed by atoms with E-state index in [2.05, 4.69) is 15.6 Å². The Morgan fingerprint density at radius 1 is 1.45 bits per heavy atom. The lowest BCUT2D eigenvalue weighted by Gasteiger charge is -2.21. The van der Waals surface area contributed by atoms with Crippen LogP contribution in [-0.2, 0) is 11.3 Å². The number of hydrogen-bond acceptors (Lipinski definition) is 5. The van der Waals surface area contributed by atoms with Crippen molar-refractivity contribution in [3.8, 4) is 0 Å². The highest BCUT2D eigenvalue weighted by Crippen LogP contribution is 2.35. The molecule has 1 atom stereocenters. The summed E-state index contributed by atoms with van der Waals surface area (Å²) in [5.41, 5.74) is 2.19. The molecule has 0 saturated carbocycles. The van der Waals surface area contributed by atoms with Crippen LogP contribution in [0.1, 0.15) is 28.0 Å². The van der Waals surface area contributed by atoms with Crippen LogP contribution in [0.2, 0.25) is 0 Å². The highest BCUT2D eigenvalue weighted by molar-refractivity contribution is 8.00. The van der Waals surface area contributed by atoms with Gasteiger partial charge in [-0.25, -0.2) is 4.98 Å². The molecule has 0 radical (unpaired) electrons. The summed E-state index contributed by atoms with van der Waals surface area (Å²) in [4.78, 5) is 29.2. The summed E-state index contributed by atoms with van der Waals surface area (Å²) in [6, 6.07) is 5.37. The van der Waals surface area contributed by atoms with Crippen LogP contribution in [-0.4, -0.2) is 22.0 Å². The molecule has 0 aliphatic carbocycles. The second-order valence-electron chi connectivity index (χ2n) is 5.03. The van der Waals surface area contributed by atoms with Crippen molar-refractivity contribution < 1.29 is 9.59 Å². The maximum atomic E-state index is 12.2. The van der Waals surface area contributed by atoms with Gasteiger partial charge in [-0.3, -0.25) is 9.59 Å². The van der Waals surface area contributed by atoms with Crippen molar-refractivity contribution in [3.63, 3.8) is 0 Å². The van der Waals surface area contributed by atoms with Gasteiger partial charge in [0, 0.05) is 21.5 Å². The molecular formula is C15H15N3O2S2. The number of fused-ring (bicyclic) bond motifs is 1. The topological polar surface area (TPSA) is 71.1 Å². The Morgan fingerprint density at radius 2 is 2.27 bits per heavy atom. The number of amides is 2. The molecule has 2 heterocycles. The second kappa shape index (κ2) is 6.10. The number of thiazole rings is 1. The minimum absolute atomic E-state index is 0.0340. The molecule has 2 aromatic rings. The van der Waals surface area contributed by atoms with Crippen molar-refractivity contribution in [2.75, 3.05) is 5.32 Å². The molecule has 5 nitrogen and oxygen atoms in total. The van der Waals surface area contributed by atoms with E-state index in [1.165, 1.54) is 23.1 Å². The third-order valence-electron chi connectivity index (χ3n) is 3.24. The molecule has 114 valence electrons. The van der Waals surface area contributed by atoms with Crippen LogP contribution in [0.5, 0.6) is 0 Å². The molecule has 1 aliphatic rings. The average Bonchev–Trinajstić information content (AvgIpc) is 2.91. The number of nitrogens with one attached hydrogen (secondary N) is 2. The fourth-order valence-corrected chi connectivity index (χ4v) is 3.73. The van der Waals surface area contributed by atoms with Crippen molar-refractivity contribution in [2.24, 2.45) is 0 Å². The van der Waals surface area contributed by atoms with Crippen LogP contribution >= 0.6 is 23.1 Å². The monoisotopic (exact) mass is 333 g/mol. The van der Waals surface area contributed by atoms with E-state index in [9.17, 15) is 9.59 Å². The first-order chi connectivity index (χ1) is 10.5. The number of aromatic nitrogens is 1. The Balaban J connectivity index is 1.71. The van der Waals surface area contributed by atoms with Crippen molar-refractivity contribution >= 4 is 40.6 Å². The van der Waals surface area contributed by atoms with E-state index in [1.54, 1.807) is 12.1 Å². The van der Waals surface area contributed by atoms with Gasteiger partial charge < -0.3 is 10.6 Å². The zero-order chi connectivity index (χ0) is 15.7. The lowest BCUT2D eigenvalue weighted by Crippen LogP contribution is -2.27. The van der Waals surface area contributed by atoms with Gasteiger partial charge >= 0.3 is 0 Å². The zero-order valence-electron chi connectivity index (χ0n) is 12.2. The lowest BCUT2D eigenvalue weighted by molar-refractivity contribution is -0.115. The third kappa shape index (κ3) is 3.15. The molecule has 3 rings (SSSR count). The molecule has 1 aromatic heterocycles. The van der Waals surface area contributed by atoms with Gasteiger partial charge in [-0.05, 0) is 32.0 Å². The molecular weight excluding hydrogens is 318 g/mol. The first-order valence-electron chi connectivity index (χ1n) is 6.83. The number of aryl methyl sites for hydroxylation is 1. The summed E-state index contributed by atoms with van der Waals surface area (Å²) in [7, 11) is 0. The molecule has 2 N–H and O–H groups in total. The SMILES string of the molecule is Cc1csc(CNC(=O)c2ccc3c(c2)NC(=O)C(C)S3)n1. The molecule has 22 heavy (non-hydrogen) atoms. The second-order valence-corrected chi connectivity index (χ2v) is 7.35. The summed E-state index contributed by atoms with van der Waals surface area (Å²) in [6.07, 6.45) is 0. The van der Waals surface area contributed by atoms with E-state index in [4.69, 9.17) is 0 Å². The number of hydrogen-bond donors (Lipinski definition) is 2. The maximum absolute atomic E-state index is 12.2. The number of carbonyl (C=O) groups excluding carboxylic acids is 2. The summed E-state index contributed by atoms with van der Waals surface area (Å²) >= 11 is 3.03. The number of rotatable bonds is 3. The van der Waals surface area contributed by atoms with Gasteiger partial charge in [0.2, 0.25) is 5.91 Å². The van der Waals surface area contributed by atoms with Gasteiger partial charge in [0.15, 0.2) is 0 Å². The Morgan fingerprint density at radius 3 is 3.00 bits per heavy atom. The number of nitrogens with zero attached hydrogens (tertiary/aromatic N) is 1. The van der Waals surface area contributed by atoms with E-state index >= 15 is 0 Å². The Kier molecular flexibility index (Phi) is 4.17. The van der Waals surface area contributed by atoms with E-state index in [1.807, 2.05) is 25.3 Å². The average molecular weight is 333 g/mol. The molecule has 7 heteroatoms. The van der Waals surface area contributed by atoms with E-state index < -0.39 is 0 Å². The van der Waals surface area contributed by atoms with Crippen molar-refractivity contribution in [3.05, 3.63) is 39.8 Å². The largest absolute Gasteiger partial charge is 0.346 e. The van der Waals surface area contributed by atoms with Crippen molar-refractivity contribution in [1.82, 2.24) is 10.3 Å². The first kappa shape index (κ1) is 15.1. The molecule has 0 fully saturated rings. The molecule has 1 unspecified atom stereocenters. The fourth-order valence-electron chi connectivity index (χ4n) is 2.09. The van der Waals surface area contributed by atoms with Crippen LogP contribution < -0.4 is 10.6 Å². The number of benzene rings is 1. The van der Waals surface area contributed by atoms with Gasteiger partial charge in [0.25, 0.3) is 5.91 Å². The quantitative estimate of drug-likeness (QED) is 0.906. The summed E-state index contributed by atoms with van der Waals surface area (Å²) in [5, 5.41) is 8.40. The number of carbonyl (C=O) groups is 2. The van der Waals surface area contributed by atoms with E-state index in [0.29, 0.717) is 17.8 Å². The Bertz CT molecular complexity index is 742. The summed E-state index contributed by atoms with van der Waals surface area (Å²) in [5.74, 6) is -0.207. The van der Waals surface area contributed by atoms with Crippen LogP contribution in [0, 0.1) is 6.92 Å². The van der Waals surface area contributed by atoms with Gasteiger partial charge in [-0.2, -0.15) is 0 Å². The lowest BCUT2D eigenvalue weighted by atomic mass is 10.1. The molecule has 1 aliphatic heterocycles. The highest BCUT2D eigenvalue weighted by atomic mass is 32.2. The van der Waals surface area contributed by atoms with Crippen LogP contribution in [0.4, 0.5) is 5.69 Å². The Hall–Kier alpha value is -1.86. The first-order valence-corrected chi connectivity index (χ1v) is 8.59. The van der Waals surface area contributed by atoms with Gasteiger partial charge in [-0.1, -0.05) is 0 Å². The Labute approximate surface area is 136 Å². The smallest absolute Gasteiger partial charge is 0.251 e. The van der Waals surface area contributed by atoms with Crippen molar-refractivity contribution in [2.45, 2.75) is 30.5 Å². The van der Waals surface area contributed by atoms with Gasteiger partial charge in [-0.15, -0.1) is 23.1 Å². The molecule has 0 saturated heterocycles. The van der Waals surface area contributed by atoms with Crippen molar-refractivity contribution in [1.29, 1.82) is 0 Å². The molecule has 0 spiro atoms. The normalized spacial score (nSPS) is 16.8. The molecule has 2 amide bonds. The fraction of sp³-hybridized carbons (Fsp3) is 0.267. The predicted molar refractivity (Wildman–Crippen MR) is 88.4 cm³/mol. The van der Waals surface area contributed by atoms with Crippen LogP contribution in [0.3, 0.4) is 0 Å². The summed E-state index contributed by atoms with van der Waals surface area (Å²) < 4.78 is 0. The minimum Gasteiger partial charge on any atom is -0.346 e. The third-order valence-corrected chi connectivity index (χ3v) is 5.38. The zero-order valence-corrected chi connectivity index (χ0v) is 13.8. The standard InChI is InChI=1S/C15H15N3O2S2/c1-8-7-21-13(17-8)6-16-15(20)10-3-4-12-11(5-10)18-14(19)9(2)22-12/h3-5,7,9H,6H2,1-2H3,(H,16,20)(H,18,19). The predicted octanol–water partition coefficient (Wildman–Crippen LogP) is 2.81. The number of thioether (sulfide) groups is 1. The molecule has 1 aromatic carbocycles. The summed E-state index contributed by atoms with van der Waals surface area (Å²) in [6.45, 7) is 4.19. The van der Waals surface area contributed by atoms with E-state index in [-0.39, 0.29) is 17.1 Å². The maximum Gasteiger partial charge on any atom is 0.251 e. The highest BCUT2D eigenvalue weighted by Gasteiger charge is 2.23. The van der Waals surface area contributed by atoms with Gasteiger partial charge in [0.1, 0.15) is 5.01 Å². The minimum atomic E-state index is -0.173. The van der Waals surface area contributed by atoms with E-state index in [0.717, 1.165) is 15.6 Å². The number of anilines is 1. The van der Waals surface area contributed by atoms with Crippen LogP contribution in [0.15, 0.2) is 28.5 Å². The molecule has 0 bridgehead atoms.